The fourth-order valence-electron chi connectivity index (χ4n) is 1.21. The number of hydrogen-bond donors (Lipinski definition) is 0. The predicted molar refractivity (Wildman–Crippen MR) is 59.8 cm³/mol. The minimum absolute atomic E-state index is 0.841. The summed E-state index contributed by atoms with van der Waals surface area (Å²) < 4.78 is 33.5. The van der Waals surface area contributed by atoms with E-state index in [1.165, 1.54) is 0 Å². The van der Waals surface area contributed by atoms with Crippen molar-refractivity contribution >= 4 is 18.1 Å². The third-order valence-corrected chi connectivity index (χ3v) is 11.7. The normalized spacial score (nSPS) is 12.7. The summed E-state index contributed by atoms with van der Waals surface area (Å²) in [4.78, 5) is 0. The molecule has 0 rings (SSSR count). The van der Waals surface area contributed by atoms with Crippen LogP contribution in [-0.2, 0) is 28.2 Å². The van der Waals surface area contributed by atoms with E-state index in [2.05, 4.69) is 0 Å². The van der Waals surface area contributed by atoms with Gasteiger partial charge in [-0.25, -0.2) is 0 Å². The van der Waals surface area contributed by atoms with Crippen molar-refractivity contribution in [2.75, 3.05) is 0 Å². The van der Waals surface area contributed by atoms with E-state index in [0.29, 0.717) is 0 Å². The van der Waals surface area contributed by atoms with E-state index in [1.54, 1.807) is 0 Å². The average molecular weight is 290 g/mol. The van der Waals surface area contributed by atoms with Crippen LogP contribution in [-0.4, -0.2) is 18.1 Å². The van der Waals surface area contributed by atoms with Crippen molar-refractivity contribution in [2.24, 2.45) is 0 Å². The molecule has 0 aromatic rings. The van der Waals surface area contributed by atoms with E-state index in [-0.39, 0.29) is 0 Å². The van der Waals surface area contributed by atoms with Gasteiger partial charge in [0.25, 0.3) is 0 Å². The van der Waals surface area contributed by atoms with E-state index in [4.69, 9.17) is 6.96 Å². The van der Waals surface area contributed by atoms with Crippen molar-refractivity contribution in [1.82, 2.24) is 0 Å². The van der Waals surface area contributed by atoms with Gasteiger partial charge in [-0.15, -0.1) is 0 Å². The van der Waals surface area contributed by atoms with Gasteiger partial charge < -0.3 is 0 Å². The Bertz CT molecular complexity index is 227. The molecule has 0 saturated heterocycles. The van der Waals surface area contributed by atoms with Gasteiger partial charge >= 0.3 is 98.1 Å². The Morgan fingerprint density at radius 3 is 1.27 bits per heavy atom. The third-order valence-electron chi connectivity index (χ3n) is 2.33. The van der Waals surface area contributed by atoms with Gasteiger partial charge in [-0.1, -0.05) is 0 Å². The third kappa shape index (κ3) is 6.61. The second kappa shape index (κ2) is 7.71. The summed E-state index contributed by atoms with van der Waals surface area (Å²) >= 11 is -4.47. The van der Waals surface area contributed by atoms with Crippen molar-refractivity contribution in [2.45, 2.75) is 51.9 Å². The predicted octanol–water partition coefficient (Wildman–Crippen LogP) is 2.22. The first-order valence-corrected chi connectivity index (χ1v) is 11.9. The summed E-state index contributed by atoms with van der Waals surface area (Å²) in [6, 6.07) is 3.36. The Labute approximate surface area is 98.2 Å². The summed E-state index contributed by atoms with van der Waals surface area (Å²) in [7, 11) is -3.11. The summed E-state index contributed by atoms with van der Waals surface area (Å²) in [5, 5.41) is 0. The molecule has 0 amide bonds. The zero-order valence-electron chi connectivity index (χ0n) is 10.0. The van der Waals surface area contributed by atoms with Crippen LogP contribution in [0.3, 0.4) is 0 Å². The van der Waals surface area contributed by atoms with Gasteiger partial charge in [0.2, 0.25) is 0 Å². The monoisotopic (exact) mass is 290 g/mol. The first kappa shape index (κ1) is 15.5. The Morgan fingerprint density at radius 2 is 1.07 bits per heavy atom. The van der Waals surface area contributed by atoms with Crippen molar-refractivity contribution in [3.8, 4) is 0 Å². The molecular weight excluding hydrogens is 268 g/mol. The van der Waals surface area contributed by atoms with Crippen LogP contribution in [0.4, 0.5) is 0 Å². The second-order valence-electron chi connectivity index (χ2n) is 3.48. The van der Waals surface area contributed by atoms with E-state index >= 15 is 0 Å². The van der Waals surface area contributed by atoms with Crippen LogP contribution in [0.1, 0.15) is 27.7 Å². The van der Waals surface area contributed by atoms with Crippen LogP contribution in [0, 0.1) is 0 Å². The Hall–Kier alpha value is 0.486. The molecule has 0 heterocycles. The molecule has 4 nitrogen and oxygen atoms in total. The quantitative estimate of drug-likeness (QED) is 0.643. The first-order chi connectivity index (χ1) is 6.99. The molecule has 0 spiro atoms. The maximum atomic E-state index is 11.6. The van der Waals surface area contributed by atoms with E-state index in [9.17, 15) is 7.61 Å². The molecule has 7 heteroatoms. The molecule has 0 aromatic carbocycles. The van der Waals surface area contributed by atoms with E-state index in [1.807, 2.05) is 27.7 Å². The molecule has 0 aliphatic rings. The Balaban J connectivity index is 4.29. The van der Waals surface area contributed by atoms with Gasteiger partial charge in [0, 0.05) is 0 Å². The van der Waals surface area contributed by atoms with Gasteiger partial charge in [-0.2, -0.15) is 0 Å². The van der Waals surface area contributed by atoms with Crippen molar-refractivity contribution < 1.29 is 28.2 Å². The summed E-state index contributed by atoms with van der Waals surface area (Å²) in [6.45, 7) is 7.90. The zero-order valence-corrected chi connectivity index (χ0v) is 13.6. The van der Waals surface area contributed by atoms with Gasteiger partial charge in [0.15, 0.2) is 0 Å². The zero-order chi connectivity index (χ0) is 11.9. The van der Waals surface area contributed by atoms with Crippen LogP contribution in [0.25, 0.3) is 0 Å². The van der Waals surface area contributed by atoms with Crippen LogP contribution >= 0.6 is 0 Å². The average Bonchev–Trinajstić information content (AvgIpc) is 2.22. The molecule has 0 aromatic heterocycles. The van der Waals surface area contributed by atoms with E-state index < -0.39 is 31.7 Å². The van der Waals surface area contributed by atoms with Gasteiger partial charge in [-0.05, 0) is 0 Å². The van der Waals surface area contributed by atoms with Gasteiger partial charge in [0.05, 0.1) is 0 Å². The maximum absolute atomic E-state index is 11.6. The molecule has 92 valence electrons. The Kier molecular flexibility index (Phi) is 7.96. The molecule has 0 bridgehead atoms. The summed E-state index contributed by atoms with van der Waals surface area (Å²) in [5.41, 5.74) is 0. The van der Waals surface area contributed by atoms with Crippen LogP contribution in [0.2, 0.25) is 24.2 Å². The van der Waals surface area contributed by atoms with Crippen LogP contribution < -0.4 is 0 Å². The summed E-state index contributed by atoms with van der Waals surface area (Å²) in [6.07, 6.45) is 0. The summed E-state index contributed by atoms with van der Waals surface area (Å²) in [5.74, 6) is 0. The van der Waals surface area contributed by atoms with Gasteiger partial charge in [-0.3, -0.25) is 0 Å². The molecule has 0 radical (unpaired) electrons. The van der Waals surface area contributed by atoms with Crippen molar-refractivity contribution in [3.05, 3.63) is 0 Å². The fourth-order valence-corrected chi connectivity index (χ4v) is 10.1. The molecule has 0 aliphatic carbocycles. The minimum atomic E-state index is -4.47. The fraction of sp³-hybridized carbons (Fsp3) is 1.00. The second-order valence-corrected chi connectivity index (χ2v) is 12.7. The number of rotatable bonds is 8. The SMILES string of the molecule is CC[SiH](CC)[O][Cr](=[O])(=[O])[O][SiH](CC)CC. The topological polar surface area (TPSA) is 52.6 Å². The molecule has 0 atom stereocenters. The van der Waals surface area contributed by atoms with Crippen molar-refractivity contribution in [3.63, 3.8) is 0 Å². The van der Waals surface area contributed by atoms with Crippen LogP contribution in [0.15, 0.2) is 0 Å². The molecule has 0 aliphatic heterocycles. The van der Waals surface area contributed by atoms with Crippen LogP contribution in [0.5, 0.6) is 0 Å². The van der Waals surface area contributed by atoms with Crippen molar-refractivity contribution in [1.29, 1.82) is 0 Å². The van der Waals surface area contributed by atoms with Gasteiger partial charge in [0.1, 0.15) is 0 Å². The molecule has 0 saturated carbocycles. The standard InChI is InChI=1S/2C4H11OSi.Cr.2O/c2*1-3-6(5)4-2;;;/h2*6H,3-4H2,1-2H3;;;/q2*-1;+2;;. The molecule has 0 unspecified atom stereocenters. The molecule has 15 heavy (non-hydrogen) atoms. The Morgan fingerprint density at radius 1 is 0.800 bits per heavy atom. The first-order valence-electron chi connectivity index (χ1n) is 5.60. The molecule has 0 N–H and O–H groups in total. The molecule has 0 fully saturated rings. The number of hydrogen-bond acceptors (Lipinski definition) is 4. The molecular formula is C8H22CrO4Si2. The van der Waals surface area contributed by atoms with E-state index in [0.717, 1.165) is 24.2 Å².